The SMILES string of the molecule is CCCC(SCC)N(C)N=C(C)N. The zero-order chi connectivity index (χ0) is 10.3. The van der Waals surface area contributed by atoms with Crippen LogP contribution in [0.2, 0.25) is 0 Å². The average molecular weight is 203 g/mol. The van der Waals surface area contributed by atoms with Gasteiger partial charge in [0.15, 0.2) is 0 Å². The van der Waals surface area contributed by atoms with Gasteiger partial charge in [0, 0.05) is 7.05 Å². The Morgan fingerprint density at radius 1 is 1.54 bits per heavy atom. The molecule has 13 heavy (non-hydrogen) atoms. The lowest BCUT2D eigenvalue weighted by Crippen LogP contribution is -2.26. The van der Waals surface area contributed by atoms with Crippen molar-refractivity contribution < 1.29 is 0 Å². The molecule has 0 rings (SSSR count). The van der Waals surface area contributed by atoms with E-state index in [-0.39, 0.29) is 0 Å². The second-order valence-electron chi connectivity index (χ2n) is 3.01. The fourth-order valence-electron chi connectivity index (χ4n) is 1.13. The summed E-state index contributed by atoms with van der Waals surface area (Å²) >= 11 is 1.91. The molecule has 0 spiro atoms. The maximum Gasteiger partial charge on any atom is 0.116 e. The number of rotatable bonds is 6. The van der Waals surface area contributed by atoms with Crippen LogP contribution >= 0.6 is 11.8 Å². The quantitative estimate of drug-likeness (QED) is 0.311. The number of amidine groups is 1. The molecular formula is C9H21N3S. The summed E-state index contributed by atoms with van der Waals surface area (Å²) in [4.78, 5) is 0. The minimum Gasteiger partial charge on any atom is -0.386 e. The van der Waals surface area contributed by atoms with Gasteiger partial charge in [-0.15, -0.1) is 11.8 Å². The molecule has 0 aromatic rings. The molecule has 1 unspecified atom stereocenters. The third kappa shape index (κ3) is 5.80. The smallest absolute Gasteiger partial charge is 0.116 e. The van der Waals surface area contributed by atoms with Crippen molar-refractivity contribution in [3.05, 3.63) is 0 Å². The topological polar surface area (TPSA) is 41.6 Å². The summed E-state index contributed by atoms with van der Waals surface area (Å²) in [6.45, 7) is 6.17. The summed E-state index contributed by atoms with van der Waals surface area (Å²) < 4.78 is 0. The van der Waals surface area contributed by atoms with Crippen LogP contribution in [0.3, 0.4) is 0 Å². The van der Waals surface area contributed by atoms with Crippen LogP contribution in [0.15, 0.2) is 5.10 Å². The molecule has 1 atom stereocenters. The Kier molecular flexibility index (Phi) is 6.86. The minimum absolute atomic E-state index is 0.466. The van der Waals surface area contributed by atoms with Gasteiger partial charge in [-0.2, -0.15) is 5.10 Å². The van der Waals surface area contributed by atoms with E-state index in [0.717, 1.165) is 12.2 Å². The first kappa shape index (κ1) is 12.6. The van der Waals surface area contributed by atoms with Gasteiger partial charge in [-0.1, -0.05) is 20.3 Å². The van der Waals surface area contributed by atoms with Gasteiger partial charge < -0.3 is 5.73 Å². The standard InChI is InChI=1S/C9H21N3S/c1-5-7-9(13-6-2)12(4)11-8(3)10/h9H,5-7H2,1-4H3,(H2,10,11). The third-order valence-electron chi connectivity index (χ3n) is 1.63. The fourth-order valence-corrected chi connectivity index (χ4v) is 2.18. The molecule has 0 bridgehead atoms. The van der Waals surface area contributed by atoms with Crippen molar-refractivity contribution in [2.24, 2.45) is 10.8 Å². The second kappa shape index (κ2) is 7.06. The lowest BCUT2D eigenvalue weighted by atomic mass is 10.3. The Balaban J connectivity index is 4.09. The first-order valence-corrected chi connectivity index (χ1v) is 5.81. The largest absolute Gasteiger partial charge is 0.386 e. The second-order valence-corrected chi connectivity index (χ2v) is 4.47. The molecule has 2 N–H and O–H groups in total. The van der Waals surface area contributed by atoms with Crippen molar-refractivity contribution in [1.29, 1.82) is 0 Å². The zero-order valence-electron chi connectivity index (χ0n) is 9.08. The first-order chi connectivity index (χ1) is 6.11. The van der Waals surface area contributed by atoms with Gasteiger partial charge in [0.05, 0.1) is 5.37 Å². The number of nitrogens with zero attached hydrogens (tertiary/aromatic N) is 2. The predicted molar refractivity (Wildman–Crippen MR) is 61.9 cm³/mol. The molecule has 0 aliphatic carbocycles. The van der Waals surface area contributed by atoms with E-state index in [2.05, 4.69) is 18.9 Å². The highest BCUT2D eigenvalue weighted by atomic mass is 32.2. The highest BCUT2D eigenvalue weighted by Crippen LogP contribution is 2.19. The third-order valence-corrected chi connectivity index (χ3v) is 2.89. The van der Waals surface area contributed by atoms with Gasteiger partial charge in [-0.05, 0) is 19.1 Å². The number of hydrazone groups is 1. The molecule has 0 aliphatic heterocycles. The van der Waals surface area contributed by atoms with Crippen LogP contribution in [0.5, 0.6) is 0 Å². The molecule has 0 saturated heterocycles. The summed E-state index contributed by atoms with van der Waals surface area (Å²) in [6.07, 6.45) is 2.34. The van der Waals surface area contributed by atoms with Gasteiger partial charge in [0.1, 0.15) is 5.84 Å². The van der Waals surface area contributed by atoms with E-state index in [1.54, 1.807) is 0 Å². The lowest BCUT2D eigenvalue weighted by molar-refractivity contribution is 0.317. The van der Waals surface area contributed by atoms with Gasteiger partial charge in [-0.3, -0.25) is 5.01 Å². The minimum atomic E-state index is 0.466. The Morgan fingerprint density at radius 3 is 2.54 bits per heavy atom. The number of hydrogen-bond acceptors (Lipinski definition) is 3. The maximum absolute atomic E-state index is 5.52. The van der Waals surface area contributed by atoms with E-state index >= 15 is 0 Å². The summed E-state index contributed by atoms with van der Waals surface area (Å²) in [6, 6.07) is 0. The van der Waals surface area contributed by atoms with Crippen LogP contribution in [0.4, 0.5) is 0 Å². The molecule has 4 heteroatoms. The van der Waals surface area contributed by atoms with Gasteiger partial charge in [-0.25, -0.2) is 0 Å². The Hall–Kier alpha value is -0.380. The van der Waals surface area contributed by atoms with Crippen LogP contribution in [0.1, 0.15) is 33.6 Å². The van der Waals surface area contributed by atoms with Crippen molar-refractivity contribution in [2.75, 3.05) is 12.8 Å². The molecule has 78 valence electrons. The lowest BCUT2D eigenvalue weighted by Gasteiger charge is -2.24. The average Bonchev–Trinajstić information content (AvgIpc) is 2.02. The number of thioether (sulfide) groups is 1. The van der Waals surface area contributed by atoms with Gasteiger partial charge >= 0.3 is 0 Å². The predicted octanol–water partition coefficient (Wildman–Crippen LogP) is 2.09. The van der Waals surface area contributed by atoms with Crippen LogP contribution in [0, 0.1) is 0 Å². The Labute approximate surface area is 85.7 Å². The van der Waals surface area contributed by atoms with Crippen LogP contribution in [0.25, 0.3) is 0 Å². The highest BCUT2D eigenvalue weighted by Gasteiger charge is 2.11. The van der Waals surface area contributed by atoms with Crippen molar-refractivity contribution in [2.45, 2.75) is 39.0 Å². The van der Waals surface area contributed by atoms with Crippen molar-refractivity contribution in [3.8, 4) is 0 Å². The number of hydrogen-bond donors (Lipinski definition) is 1. The molecule has 0 aliphatic rings. The number of nitrogens with two attached hydrogens (primary N) is 1. The first-order valence-electron chi connectivity index (χ1n) is 4.76. The summed E-state index contributed by atoms with van der Waals surface area (Å²) in [5.74, 6) is 1.74. The van der Waals surface area contributed by atoms with Crippen molar-refractivity contribution >= 4 is 17.6 Å². The molecule has 0 fully saturated rings. The van der Waals surface area contributed by atoms with Crippen molar-refractivity contribution in [3.63, 3.8) is 0 Å². The molecule has 0 heterocycles. The zero-order valence-corrected chi connectivity index (χ0v) is 9.90. The summed E-state index contributed by atoms with van der Waals surface area (Å²) in [5.41, 5.74) is 5.52. The molecule has 0 radical (unpaired) electrons. The van der Waals surface area contributed by atoms with E-state index in [1.165, 1.54) is 6.42 Å². The highest BCUT2D eigenvalue weighted by molar-refractivity contribution is 7.99. The van der Waals surface area contributed by atoms with Gasteiger partial charge in [0.2, 0.25) is 0 Å². The van der Waals surface area contributed by atoms with Crippen LogP contribution < -0.4 is 5.73 Å². The molecule has 0 amide bonds. The molecule has 3 nitrogen and oxygen atoms in total. The van der Waals surface area contributed by atoms with E-state index in [0.29, 0.717) is 11.2 Å². The van der Waals surface area contributed by atoms with E-state index < -0.39 is 0 Å². The summed E-state index contributed by atoms with van der Waals surface area (Å²) in [7, 11) is 1.99. The molecule has 0 saturated carbocycles. The molecule has 0 aromatic heterocycles. The van der Waals surface area contributed by atoms with Crippen LogP contribution in [-0.2, 0) is 0 Å². The van der Waals surface area contributed by atoms with Gasteiger partial charge in [0.25, 0.3) is 0 Å². The summed E-state index contributed by atoms with van der Waals surface area (Å²) in [5, 5.41) is 6.65. The molecule has 0 aromatic carbocycles. The Bertz CT molecular complexity index is 149. The fraction of sp³-hybridized carbons (Fsp3) is 0.889. The normalized spacial score (nSPS) is 14.3. The van der Waals surface area contributed by atoms with Crippen LogP contribution in [-0.4, -0.2) is 29.0 Å². The van der Waals surface area contributed by atoms with E-state index in [1.807, 2.05) is 30.7 Å². The van der Waals surface area contributed by atoms with Crippen molar-refractivity contribution in [1.82, 2.24) is 5.01 Å². The maximum atomic E-state index is 5.52. The van der Waals surface area contributed by atoms with E-state index in [4.69, 9.17) is 5.73 Å². The molecular weight excluding hydrogens is 182 g/mol. The van der Waals surface area contributed by atoms with E-state index in [9.17, 15) is 0 Å². The Morgan fingerprint density at radius 2 is 2.15 bits per heavy atom. The monoisotopic (exact) mass is 203 g/mol.